The molecule has 0 fully saturated rings. The van der Waals surface area contributed by atoms with Crippen molar-refractivity contribution in [1.29, 1.82) is 0 Å². The van der Waals surface area contributed by atoms with E-state index in [1.807, 2.05) is 13.8 Å². The monoisotopic (exact) mass is 253 g/mol. The second-order valence-electron chi connectivity index (χ2n) is 5.18. The van der Waals surface area contributed by atoms with Crippen LogP contribution >= 0.6 is 0 Å². The number of aliphatic carboxylic acids is 1. The average Bonchev–Trinajstić information content (AvgIpc) is 2.29. The molecule has 0 saturated carbocycles. The van der Waals surface area contributed by atoms with E-state index in [1.54, 1.807) is 25.1 Å². The molecule has 0 aliphatic heterocycles. The van der Waals surface area contributed by atoms with Crippen molar-refractivity contribution >= 4 is 5.97 Å². The Kier molecular flexibility index (Phi) is 4.84. The van der Waals surface area contributed by atoms with Gasteiger partial charge in [0.2, 0.25) is 0 Å². The molecule has 100 valence electrons. The number of benzene rings is 1. The lowest BCUT2D eigenvalue weighted by Gasteiger charge is -2.27. The SMILES string of the molecule is CC(C)CNC(C)(Cc1ccccc1F)C(=O)O. The summed E-state index contributed by atoms with van der Waals surface area (Å²) < 4.78 is 13.6. The summed E-state index contributed by atoms with van der Waals surface area (Å²) in [5.74, 6) is -0.993. The molecule has 0 spiro atoms. The molecule has 3 nitrogen and oxygen atoms in total. The molecule has 1 unspecified atom stereocenters. The van der Waals surface area contributed by atoms with Gasteiger partial charge in [-0.05, 0) is 31.0 Å². The second-order valence-corrected chi connectivity index (χ2v) is 5.18. The Morgan fingerprint density at radius 1 is 1.44 bits per heavy atom. The Morgan fingerprint density at radius 3 is 2.56 bits per heavy atom. The van der Waals surface area contributed by atoms with Crippen molar-refractivity contribution in [3.05, 3.63) is 35.6 Å². The van der Waals surface area contributed by atoms with Crippen LogP contribution in [-0.4, -0.2) is 23.2 Å². The summed E-state index contributed by atoms with van der Waals surface area (Å²) in [7, 11) is 0. The van der Waals surface area contributed by atoms with Crippen LogP contribution in [0.1, 0.15) is 26.3 Å². The maximum absolute atomic E-state index is 13.6. The normalized spacial score (nSPS) is 14.5. The summed E-state index contributed by atoms with van der Waals surface area (Å²) in [6.07, 6.45) is 0.127. The highest BCUT2D eigenvalue weighted by molar-refractivity contribution is 5.78. The van der Waals surface area contributed by atoms with Crippen LogP contribution in [0.3, 0.4) is 0 Å². The van der Waals surface area contributed by atoms with E-state index in [4.69, 9.17) is 0 Å². The third-order valence-corrected chi connectivity index (χ3v) is 2.87. The minimum Gasteiger partial charge on any atom is -0.480 e. The molecule has 0 saturated heterocycles. The van der Waals surface area contributed by atoms with Crippen molar-refractivity contribution in [1.82, 2.24) is 5.32 Å². The van der Waals surface area contributed by atoms with E-state index in [1.165, 1.54) is 6.07 Å². The highest BCUT2D eigenvalue weighted by Gasteiger charge is 2.33. The van der Waals surface area contributed by atoms with Crippen molar-refractivity contribution in [2.75, 3.05) is 6.54 Å². The van der Waals surface area contributed by atoms with Gasteiger partial charge in [-0.2, -0.15) is 0 Å². The molecular formula is C14H20FNO2. The fraction of sp³-hybridized carbons (Fsp3) is 0.500. The highest BCUT2D eigenvalue weighted by atomic mass is 19.1. The number of hydrogen-bond donors (Lipinski definition) is 2. The first kappa shape index (κ1) is 14.6. The van der Waals surface area contributed by atoms with E-state index >= 15 is 0 Å². The zero-order valence-corrected chi connectivity index (χ0v) is 11.0. The molecule has 0 aromatic heterocycles. The molecule has 1 rings (SSSR count). The van der Waals surface area contributed by atoms with E-state index in [9.17, 15) is 14.3 Å². The Bertz CT molecular complexity index is 420. The van der Waals surface area contributed by atoms with Crippen LogP contribution in [0.2, 0.25) is 0 Å². The highest BCUT2D eigenvalue weighted by Crippen LogP contribution is 2.17. The standard InChI is InChI=1S/C14H20FNO2/c1-10(2)9-16-14(3,13(17)18)8-11-6-4-5-7-12(11)15/h4-7,10,16H,8-9H2,1-3H3,(H,17,18). The van der Waals surface area contributed by atoms with E-state index in [-0.39, 0.29) is 12.2 Å². The van der Waals surface area contributed by atoms with Crippen LogP contribution in [0.25, 0.3) is 0 Å². The molecule has 1 aromatic carbocycles. The lowest BCUT2D eigenvalue weighted by Crippen LogP contribution is -2.52. The van der Waals surface area contributed by atoms with E-state index in [0.717, 1.165) is 0 Å². The quantitative estimate of drug-likeness (QED) is 0.818. The maximum Gasteiger partial charge on any atom is 0.323 e. The van der Waals surface area contributed by atoms with Crippen molar-refractivity contribution in [2.45, 2.75) is 32.7 Å². The summed E-state index contributed by atoms with van der Waals surface area (Å²) >= 11 is 0. The second kappa shape index (κ2) is 5.96. The van der Waals surface area contributed by atoms with Gasteiger partial charge in [-0.1, -0.05) is 32.0 Å². The van der Waals surface area contributed by atoms with Crippen LogP contribution < -0.4 is 5.32 Å². The molecule has 0 heterocycles. The average molecular weight is 253 g/mol. The zero-order chi connectivity index (χ0) is 13.8. The van der Waals surface area contributed by atoms with Crippen LogP contribution in [0.5, 0.6) is 0 Å². The van der Waals surface area contributed by atoms with Crippen LogP contribution in [0.4, 0.5) is 4.39 Å². The zero-order valence-electron chi connectivity index (χ0n) is 11.0. The van der Waals surface area contributed by atoms with Crippen LogP contribution in [-0.2, 0) is 11.2 Å². The first-order valence-corrected chi connectivity index (χ1v) is 6.07. The van der Waals surface area contributed by atoms with E-state index in [0.29, 0.717) is 18.0 Å². The minimum absolute atomic E-state index is 0.127. The summed E-state index contributed by atoms with van der Waals surface area (Å²) in [6, 6.07) is 6.27. The first-order valence-electron chi connectivity index (χ1n) is 6.07. The van der Waals surface area contributed by atoms with Crippen LogP contribution in [0, 0.1) is 11.7 Å². The Labute approximate surface area is 107 Å². The summed E-state index contributed by atoms with van der Waals surface area (Å²) in [6.45, 7) is 6.16. The number of carboxylic acids is 1. The molecule has 0 bridgehead atoms. The predicted molar refractivity (Wildman–Crippen MR) is 69.0 cm³/mol. The molecule has 0 radical (unpaired) electrons. The van der Waals surface area contributed by atoms with Gasteiger partial charge >= 0.3 is 5.97 Å². The molecular weight excluding hydrogens is 233 g/mol. The topological polar surface area (TPSA) is 49.3 Å². The predicted octanol–water partition coefficient (Wildman–Crippen LogP) is 2.46. The van der Waals surface area contributed by atoms with Gasteiger partial charge in [0.05, 0.1) is 0 Å². The van der Waals surface area contributed by atoms with Gasteiger partial charge in [0.15, 0.2) is 0 Å². The van der Waals surface area contributed by atoms with Crippen molar-refractivity contribution < 1.29 is 14.3 Å². The molecule has 18 heavy (non-hydrogen) atoms. The molecule has 2 N–H and O–H groups in total. The van der Waals surface area contributed by atoms with Crippen LogP contribution in [0.15, 0.2) is 24.3 Å². The number of halogens is 1. The van der Waals surface area contributed by atoms with Crippen molar-refractivity contribution in [3.8, 4) is 0 Å². The number of nitrogens with one attached hydrogen (secondary N) is 1. The number of hydrogen-bond acceptors (Lipinski definition) is 2. The van der Waals surface area contributed by atoms with Gasteiger partial charge in [-0.15, -0.1) is 0 Å². The fourth-order valence-electron chi connectivity index (χ4n) is 1.67. The smallest absolute Gasteiger partial charge is 0.323 e. The largest absolute Gasteiger partial charge is 0.480 e. The van der Waals surface area contributed by atoms with Gasteiger partial charge in [0.25, 0.3) is 0 Å². The Balaban J connectivity index is 2.86. The van der Waals surface area contributed by atoms with Gasteiger partial charge in [0, 0.05) is 6.42 Å². The van der Waals surface area contributed by atoms with Crippen molar-refractivity contribution in [2.24, 2.45) is 5.92 Å². The van der Waals surface area contributed by atoms with Gasteiger partial charge in [-0.25, -0.2) is 4.39 Å². The molecule has 0 amide bonds. The van der Waals surface area contributed by atoms with Crippen molar-refractivity contribution in [3.63, 3.8) is 0 Å². The summed E-state index contributed by atoms with van der Waals surface area (Å²) in [5, 5.41) is 12.3. The minimum atomic E-state index is -1.15. The lowest BCUT2D eigenvalue weighted by atomic mass is 9.92. The number of carboxylic acid groups (broad SMARTS) is 1. The van der Waals surface area contributed by atoms with Gasteiger partial charge in [-0.3, -0.25) is 4.79 Å². The summed E-state index contributed by atoms with van der Waals surface area (Å²) in [4.78, 5) is 11.4. The first-order chi connectivity index (χ1) is 8.35. The molecule has 4 heteroatoms. The Morgan fingerprint density at radius 2 is 2.06 bits per heavy atom. The summed E-state index contributed by atoms with van der Waals surface area (Å²) in [5.41, 5.74) is -0.731. The molecule has 0 aliphatic rings. The lowest BCUT2D eigenvalue weighted by molar-refractivity contribution is -0.144. The van der Waals surface area contributed by atoms with E-state index in [2.05, 4.69) is 5.32 Å². The molecule has 0 aliphatic carbocycles. The maximum atomic E-state index is 13.6. The van der Waals surface area contributed by atoms with Gasteiger partial charge < -0.3 is 10.4 Å². The third kappa shape index (κ3) is 3.81. The third-order valence-electron chi connectivity index (χ3n) is 2.87. The fourth-order valence-corrected chi connectivity index (χ4v) is 1.67. The van der Waals surface area contributed by atoms with E-state index < -0.39 is 11.5 Å². The Hall–Kier alpha value is -1.42. The molecule has 1 aromatic rings. The van der Waals surface area contributed by atoms with Gasteiger partial charge in [0.1, 0.15) is 11.4 Å². The number of rotatable bonds is 6. The molecule has 1 atom stereocenters. The number of carbonyl (C=O) groups is 1.